The molecule has 2 rings (SSSR count). The van der Waals surface area contributed by atoms with Crippen LogP contribution < -0.4 is 5.32 Å². The highest BCUT2D eigenvalue weighted by Gasteiger charge is 2.12. The molecule has 0 radical (unpaired) electrons. The fourth-order valence-electron chi connectivity index (χ4n) is 1.44. The van der Waals surface area contributed by atoms with Gasteiger partial charge in [-0.15, -0.1) is 0 Å². The Labute approximate surface area is 98.3 Å². The van der Waals surface area contributed by atoms with Gasteiger partial charge in [-0.2, -0.15) is 10.4 Å². The van der Waals surface area contributed by atoms with Gasteiger partial charge in [0.2, 0.25) is 0 Å². The molecule has 0 bridgehead atoms. The second kappa shape index (κ2) is 4.49. The lowest BCUT2D eigenvalue weighted by molar-refractivity contribution is 0.102. The van der Waals surface area contributed by atoms with Gasteiger partial charge in [0.25, 0.3) is 5.91 Å². The van der Waals surface area contributed by atoms with E-state index in [0.717, 1.165) is 0 Å². The van der Waals surface area contributed by atoms with Crippen molar-refractivity contribution in [1.29, 1.82) is 5.26 Å². The first kappa shape index (κ1) is 10.9. The minimum Gasteiger partial charge on any atom is -0.306 e. The Morgan fingerprint density at radius 1 is 1.41 bits per heavy atom. The van der Waals surface area contributed by atoms with Gasteiger partial charge in [0, 0.05) is 12.6 Å². The highest BCUT2D eigenvalue weighted by atomic mass is 16.1. The highest BCUT2D eigenvalue weighted by molar-refractivity contribution is 6.04. The van der Waals surface area contributed by atoms with Crippen molar-refractivity contribution in [3.63, 3.8) is 0 Å². The van der Waals surface area contributed by atoms with Crippen molar-refractivity contribution in [1.82, 2.24) is 9.78 Å². The lowest BCUT2D eigenvalue weighted by Gasteiger charge is -2.05. The quantitative estimate of drug-likeness (QED) is 0.844. The zero-order valence-electron chi connectivity index (χ0n) is 9.21. The molecule has 0 spiro atoms. The molecular formula is C12H10N4O. The van der Waals surface area contributed by atoms with Crippen molar-refractivity contribution in [3.05, 3.63) is 47.7 Å². The fourth-order valence-corrected chi connectivity index (χ4v) is 1.44. The van der Waals surface area contributed by atoms with Gasteiger partial charge in [0.15, 0.2) is 0 Å². The summed E-state index contributed by atoms with van der Waals surface area (Å²) in [6.07, 6.45) is 1.42. The number of carbonyl (C=O) groups is 1. The minimum absolute atomic E-state index is 0.259. The summed E-state index contributed by atoms with van der Waals surface area (Å²) in [5.41, 5.74) is 0.884. The van der Waals surface area contributed by atoms with Crippen molar-refractivity contribution in [3.8, 4) is 6.07 Å². The number of aryl methyl sites for hydroxylation is 1. The van der Waals surface area contributed by atoms with Crippen molar-refractivity contribution >= 4 is 11.7 Å². The number of hydrogen-bond acceptors (Lipinski definition) is 3. The standard InChI is InChI=1S/C12H10N4O/c1-16-11(10(7-13)8-14-16)15-12(17)9-5-3-2-4-6-9/h2-6,8H,1H3,(H,15,17). The molecule has 1 aromatic heterocycles. The van der Waals surface area contributed by atoms with Gasteiger partial charge >= 0.3 is 0 Å². The van der Waals surface area contributed by atoms with Gasteiger partial charge in [0.1, 0.15) is 17.5 Å². The van der Waals surface area contributed by atoms with Gasteiger partial charge in [-0.3, -0.25) is 9.48 Å². The number of anilines is 1. The number of nitriles is 1. The normalized spacial score (nSPS) is 9.65. The van der Waals surface area contributed by atoms with Gasteiger partial charge in [-0.25, -0.2) is 0 Å². The maximum atomic E-state index is 11.9. The van der Waals surface area contributed by atoms with Crippen LogP contribution in [-0.2, 0) is 7.05 Å². The maximum Gasteiger partial charge on any atom is 0.256 e. The van der Waals surface area contributed by atoms with Gasteiger partial charge in [-0.1, -0.05) is 18.2 Å². The van der Waals surface area contributed by atoms with E-state index in [1.54, 1.807) is 31.3 Å². The molecule has 1 aromatic carbocycles. The summed E-state index contributed by atoms with van der Waals surface area (Å²) in [6.45, 7) is 0. The molecule has 2 aromatic rings. The Kier molecular flexibility index (Phi) is 2.88. The molecule has 1 heterocycles. The number of nitrogens with one attached hydrogen (secondary N) is 1. The molecule has 5 nitrogen and oxygen atoms in total. The molecule has 1 N–H and O–H groups in total. The number of nitrogens with zero attached hydrogens (tertiary/aromatic N) is 3. The molecule has 0 unspecified atom stereocenters. The summed E-state index contributed by atoms with van der Waals surface area (Å²) in [4.78, 5) is 11.9. The highest BCUT2D eigenvalue weighted by Crippen LogP contribution is 2.13. The Hall–Kier alpha value is -2.61. The van der Waals surface area contributed by atoms with Crippen LogP contribution in [0.2, 0.25) is 0 Å². The first-order valence-electron chi connectivity index (χ1n) is 5.01. The number of hydrogen-bond donors (Lipinski definition) is 1. The fraction of sp³-hybridized carbons (Fsp3) is 0.0833. The zero-order chi connectivity index (χ0) is 12.3. The second-order valence-electron chi connectivity index (χ2n) is 3.46. The average molecular weight is 226 g/mol. The Morgan fingerprint density at radius 2 is 2.12 bits per heavy atom. The van der Waals surface area contributed by atoms with Crippen molar-refractivity contribution in [2.75, 3.05) is 5.32 Å². The van der Waals surface area contributed by atoms with E-state index in [1.807, 2.05) is 12.1 Å². The van der Waals surface area contributed by atoms with Crippen LogP contribution in [0.25, 0.3) is 0 Å². The molecular weight excluding hydrogens is 216 g/mol. The molecule has 1 amide bonds. The van der Waals surface area contributed by atoms with Crippen LogP contribution in [-0.4, -0.2) is 15.7 Å². The van der Waals surface area contributed by atoms with E-state index < -0.39 is 0 Å². The number of amides is 1. The summed E-state index contributed by atoms with van der Waals surface area (Å²) >= 11 is 0. The van der Waals surface area contributed by atoms with Crippen LogP contribution in [0.1, 0.15) is 15.9 Å². The number of rotatable bonds is 2. The molecule has 0 fully saturated rings. The number of aromatic nitrogens is 2. The third-order valence-electron chi connectivity index (χ3n) is 2.33. The number of benzene rings is 1. The van der Waals surface area contributed by atoms with E-state index >= 15 is 0 Å². The van der Waals surface area contributed by atoms with E-state index in [1.165, 1.54) is 10.9 Å². The summed E-state index contributed by atoms with van der Waals surface area (Å²) in [5.74, 6) is 0.145. The molecule has 0 saturated heterocycles. The third-order valence-corrected chi connectivity index (χ3v) is 2.33. The van der Waals surface area contributed by atoms with Crippen molar-refractivity contribution in [2.24, 2.45) is 7.05 Å². The van der Waals surface area contributed by atoms with Gasteiger partial charge in [-0.05, 0) is 12.1 Å². The molecule has 0 saturated carbocycles. The summed E-state index contributed by atoms with van der Waals surface area (Å²) in [6, 6.07) is 10.8. The van der Waals surface area contributed by atoms with Gasteiger partial charge < -0.3 is 5.32 Å². The molecule has 0 aliphatic rings. The van der Waals surface area contributed by atoms with Crippen LogP contribution in [0, 0.1) is 11.3 Å². The van der Waals surface area contributed by atoms with Crippen LogP contribution in [0.3, 0.4) is 0 Å². The number of carbonyl (C=O) groups excluding carboxylic acids is 1. The lowest BCUT2D eigenvalue weighted by Crippen LogP contribution is -2.15. The Bertz CT molecular complexity index is 580. The third kappa shape index (κ3) is 2.16. The summed E-state index contributed by atoms with van der Waals surface area (Å²) in [5, 5.41) is 15.4. The van der Waals surface area contributed by atoms with E-state index in [2.05, 4.69) is 10.4 Å². The Morgan fingerprint density at radius 3 is 2.76 bits per heavy atom. The smallest absolute Gasteiger partial charge is 0.256 e. The van der Waals surface area contributed by atoms with Gasteiger partial charge in [0.05, 0.1) is 6.20 Å². The second-order valence-corrected chi connectivity index (χ2v) is 3.46. The SMILES string of the molecule is Cn1ncc(C#N)c1NC(=O)c1ccccc1. The largest absolute Gasteiger partial charge is 0.306 e. The monoisotopic (exact) mass is 226 g/mol. The molecule has 84 valence electrons. The predicted molar refractivity (Wildman–Crippen MR) is 62.3 cm³/mol. The Balaban J connectivity index is 2.25. The minimum atomic E-state index is -0.259. The van der Waals surface area contributed by atoms with Crippen molar-refractivity contribution in [2.45, 2.75) is 0 Å². The zero-order valence-corrected chi connectivity index (χ0v) is 9.21. The van der Waals surface area contributed by atoms with Crippen LogP contribution in [0.5, 0.6) is 0 Å². The van der Waals surface area contributed by atoms with E-state index in [-0.39, 0.29) is 5.91 Å². The summed E-state index contributed by atoms with van der Waals surface area (Å²) < 4.78 is 1.46. The molecule has 0 atom stereocenters. The molecule has 0 aliphatic heterocycles. The lowest BCUT2D eigenvalue weighted by atomic mass is 10.2. The molecule has 5 heteroatoms. The van der Waals surface area contributed by atoms with E-state index in [4.69, 9.17) is 5.26 Å². The van der Waals surface area contributed by atoms with E-state index in [9.17, 15) is 4.79 Å². The maximum absolute atomic E-state index is 11.9. The van der Waals surface area contributed by atoms with Crippen LogP contribution >= 0.6 is 0 Å². The first-order chi connectivity index (χ1) is 8.22. The summed E-state index contributed by atoms with van der Waals surface area (Å²) in [7, 11) is 1.67. The van der Waals surface area contributed by atoms with Crippen LogP contribution in [0.15, 0.2) is 36.5 Å². The topological polar surface area (TPSA) is 70.7 Å². The van der Waals surface area contributed by atoms with Crippen molar-refractivity contribution < 1.29 is 4.79 Å². The van der Waals surface area contributed by atoms with E-state index in [0.29, 0.717) is 16.9 Å². The molecule has 17 heavy (non-hydrogen) atoms. The molecule has 0 aliphatic carbocycles. The first-order valence-corrected chi connectivity index (χ1v) is 5.01. The van der Waals surface area contributed by atoms with Crippen LogP contribution in [0.4, 0.5) is 5.82 Å². The average Bonchev–Trinajstić information content (AvgIpc) is 2.71. The predicted octanol–water partition coefficient (Wildman–Crippen LogP) is 1.54.